The maximum atomic E-state index is 12.1. The van der Waals surface area contributed by atoms with Crippen molar-refractivity contribution in [3.63, 3.8) is 0 Å². The standard InChI is InChI=1S/C13H14INO3/c14-10-6-1-2-7-11(10)15-12(16)8-4-3-5-9(8)13(17)18/h1-2,6-9H,3-5H2,(H,15,16)(H,17,18). The number of hydrogen-bond donors (Lipinski definition) is 2. The van der Waals surface area contributed by atoms with Crippen LogP contribution in [0.5, 0.6) is 0 Å². The highest BCUT2D eigenvalue weighted by Crippen LogP contribution is 2.33. The summed E-state index contributed by atoms with van der Waals surface area (Å²) in [6.45, 7) is 0. The predicted molar refractivity (Wildman–Crippen MR) is 76.3 cm³/mol. The van der Waals surface area contributed by atoms with Gasteiger partial charge in [0.15, 0.2) is 0 Å². The van der Waals surface area contributed by atoms with Crippen LogP contribution in [0.15, 0.2) is 24.3 Å². The van der Waals surface area contributed by atoms with E-state index in [9.17, 15) is 9.59 Å². The largest absolute Gasteiger partial charge is 0.481 e. The number of carbonyl (C=O) groups excluding carboxylic acids is 1. The van der Waals surface area contributed by atoms with E-state index in [0.717, 1.165) is 15.7 Å². The van der Waals surface area contributed by atoms with Gasteiger partial charge in [-0.05, 0) is 47.6 Å². The number of benzene rings is 1. The zero-order valence-electron chi connectivity index (χ0n) is 9.73. The molecule has 18 heavy (non-hydrogen) atoms. The van der Waals surface area contributed by atoms with E-state index in [1.54, 1.807) is 0 Å². The van der Waals surface area contributed by atoms with Crippen molar-refractivity contribution >= 4 is 40.2 Å². The van der Waals surface area contributed by atoms with E-state index in [-0.39, 0.29) is 5.91 Å². The summed E-state index contributed by atoms with van der Waals surface area (Å²) in [7, 11) is 0. The van der Waals surface area contributed by atoms with Gasteiger partial charge in [-0.25, -0.2) is 0 Å². The summed E-state index contributed by atoms with van der Waals surface area (Å²) in [5, 5.41) is 11.9. The number of carbonyl (C=O) groups is 2. The first kappa shape index (κ1) is 13.3. The molecule has 0 spiro atoms. The zero-order chi connectivity index (χ0) is 13.1. The minimum absolute atomic E-state index is 0.177. The van der Waals surface area contributed by atoms with Crippen LogP contribution >= 0.6 is 22.6 Å². The molecule has 0 radical (unpaired) electrons. The van der Waals surface area contributed by atoms with E-state index in [1.807, 2.05) is 24.3 Å². The van der Waals surface area contributed by atoms with E-state index in [0.29, 0.717) is 12.8 Å². The lowest BCUT2D eigenvalue weighted by atomic mass is 9.95. The summed E-state index contributed by atoms with van der Waals surface area (Å²) >= 11 is 2.14. The average Bonchev–Trinajstić information content (AvgIpc) is 2.81. The normalized spacial score (nSPS) is 22.7. The molecule has 0 aliphatic heterocycles. The van der Waals surface area contributed by atoms with Gasteiger partial charge in [0, 0.05) is 3.57 Å². The molecule has 1 aromatic carbocycles. The Balaban J connectivity index is 2.08. The SMILES string of the molecule is O=C(O)C1CCCC1C(=O)Nc1ccccc1I. The van der Waals surface area contributed by atoms with Gasteiger partial charge in [-0.3, -0.25) is 9.59 Å². The minimum atomic E-state index is -0.865. The molecular weight excluding hydrogens is 345 g/mol. The van der Waals surface area contributed by atoms with Crippen molar-refractivity contribution in [1.82, 2.24) is 0 Å². The Hall–Kier alpha value is -1.11. The fourth-order valence-corrected chi connectivity index (χ4v) is 2.88. The summed E-state index contributed by atoms with van der Waals surface area (Å²) in [5.41, 5.74) is 0.749. The van der Waals surface area contributed by atoms with Crippen LogP contribution in [0.25, 0.3) is 0 Å². The maximum Gasteiger partial charge on any atom is 0.307 e. The molecular formula is C13H14INO3. The first-order chi connectivity index (χ1) is 8.59. The number of amides is 1. The molecule has 2 rings (SSSR count). The van der Waals surface area contributed by atoms with Crippen molar-refractivity contribution in [3.05, 3.63) is 27.8 Å². The van der Waals surface area contributed by atoms with Crippen molar-refractivity contribution in [2.75, 3.05) is 5.32 Å². The fourth-order valence-electron chi connectivity index (χ4n) is 2.36. The third-order valence-electron chi connectivity index (χ3n) is 3.30. The lowest BCUT2D eigenvalue weighted by Crippen LogP contribution is -2.30. The molecule has 5 heteroatoms. The van der Waals surface area contributed by atoms with Gasteiger partial charge in [0.05, 0.1) is 17.5 Å². The Kier molecular flexibility index (Phi) is 4.21. The number of nitrogens with one attached hydrogen (secondary N) is 1. The highest BCUT2D eigenvalue weighted by Gasteiger charge is 2.37. The molecule has 0 heterocycles. The second-order valence-corrected chi connectivity index (χ2v) is 5.61. The van der Waals surface area contributed by atoms with Crippen molar-refractivity contribution in [2.24, 2.45) is 11.8 Å². The van der Waals surface area contributed by atoms with E-state index >= 15 is 0 Å². The maximum absolute atomic E-state index is 12.1. The van der Waals surface area contributed by atoms with Crippen molar-refractivity contribution in [3.8, 4) is 0 Å². The molecule has 1 aromatic rings. The van der Waals surface area contributed by atoms with Gasteiger partial charge in [-0.2, -0.15) is 0 Å². The minimum Gasteiger partial charge on any atom is -0.481 e. The van der Waals surface area contributed by atoms with E-state index in [2.05, 4.69) is 27.9 Å². The predicted octanol–water partition coefficient (Wildman–Crippen LogP) is 2.73. The summed E-state index contributed by atoms with van der Waals surface area (Å²) < 4.78 is 0.952. The highest BCUT2D eigenvalue weighted by molar-refractivity contribution is 14.1. The number of hydrogen-bond acceptors (Lipinski definition) is 2. The number of halogens is 1. The number of aliphatic carboxylic acids is 1. The molecule has 4 nitrogen and oxygen atoms in total. The Bertz CT molecular complexity index is 475. The van der Waals surface area contributed by atoms with Gasteiger partial charge in [0.25, 0.3) is 0 Å². The smallest absolute Gasteiger partial charge is 0.307 e. The van der Waals surface area contributed by atoms with Crippen LogP contribution in [0, 0.1) is 15.4 Å². The van der Waals surface area contributed by atoms with E-state index in [4.69, 9.17) is 5.11 Å². The molecule has 2 atom stereocenters. The number of rotatable bonds is 3. The fraction of sp³-hybridized carbons (Fsp3) is 0.385. The van der Waals surface area contributed by atoms with Gasteiger partial charge in [0.1, 0.15) is 0 Å². The summed E-state index contributed by atoms with van der Waals surface area (Å²) in [6, 6.07) is 7.47. The second kappa shape index (κ2) is 5.69. The quantitative estimate of drug-likeness (QED) is 0.816. The molecule has 1 aliphatic rings. The van der Waals surface area contributed by atoms with Gasteiger partial charge >= 0.3 is 5.97 Å². The lowest BCUT2D eigenvalue weighted by Gasteiger charge is -2.16. The Morgan fingerprint density at radius 1 is 1.22 bits per heavy atom. The first-order valence-corrected chi connectivity index (χ1v) is 6.95. The van der Waals surface area contributed by atoms with Crippen LogP contribution in [-0.4, -0.2) is 17.0 Å². The Morgan fingerprint density at radius 2 is 1.89 bits per heavy atom. The summed E-state index contributed by atoms with van der Waals surface area (Å²) in [4.78, 5) is 23.2. The number of anilines is 1. The molecule has 1 fully saturated rings. The first-order valence-electron chi connectivity index (χ1n) is 5.88. The van der Waals surface area contributed by atoms with E-state index < -0.39 is 17.8 Å². The number of para-hydroxylation sites is 1. The second-order valence-electron chi connectivity index (χ2n) is 4.45. The molecule has 2 N–H and O–H groups in total. The lowest BCUT2D eigenvalue weighted by molar-refractivity contribution is -0.145. The van der Waals surface area contributed by atoms with Crippen molar-refractivity contribution < 1.29 is 14.7 Å². The summed E-state index contributed by atoms with van der Waals surface area (Å²) in [5.74, 6) is -1.98. The van der Waals surface area contributed by atoms with Crippen LogP contribution in [0.2, 0.25) is 0 Å². The molecule has 0 bridgehead atoms. The summed E-state index contributed by atoms with van der Waals surface area (Å²) in [6.07, 6.45) is 2.06. The van der Waals surface area contributed by atoms with Gasteiger partial charge in [0.2, 0.25) is 5.91 Å². The molecule has 0 saturated heterocycles. The van der Waals surface area contributed by atoms with Gasteiger partial charge in [-0.1, -0.05) is 18.6 Å². The number of carboxylic acid groups (broad SMARTS) is 1. The van der Waals surface area contributed by atoms with Crippen LogP contribution in [-0.2, 0) is 9.59 Å². The van der Waals surface area contributed by atoms with Crippen LogP contribution in [0.4, 0.5) is 5.69 Å². The molecule has 1 amide bonds. The molecule has 2 unspecified atom stereocenters. The topological polar surface area (TPSA) is 66.4 Å². The Labute approximate surface area is 119 Å². The molecule has 1 aliphatic carbocycles. The zero-order valence-corrected chi connectivity index (χ0v) is 11.9. The van der Waals surface area contributed by atoms with Crippen LogP contribution in [0.3, 0.4) is 0 Å². The van der Waals surface area contributed by atoms with Gasteiger partial charge in [-0.15, -0.1) is 0 Å². The molecule has 1 saturated carbocycles. The monoisotopic (exact) mass is 359 g/mol. The van der Waals surface area contributed by atoms with Crippen molar-refractivity contribution in [2.45, 2.75) is 19.3 Å². The van der Waals surface area contributed by atoms with Crippen molar-refractivity contribution in [1.29, 1.82) is 0 Å². The molecule has 96 valence electrons. The van der Waals surface area contributed by atoms with Crippen LogP contribution in [0.1, 0.15) is 19.3 Å². The third kappa shape index (κ3) is 2.82. The van der Waals surface area contributed by atoms with Gasteiger partial charge < -0.3 is 10.4 Å². The number of carboxylic acids is 1. The van der Waals surface area contributed by atoms with Crippen LogP contribution < -0.4 is 5.32 Å². The highest BCUT2D eigenvalue weighted by atomic mass is 127. The average molecular weight is 359 g/mol. The third-order valence-corrected chi connectivity index (χ3v) is 4.24. The Morgan fingerprint density at radius 3 is 2.56 bits per heavy atom. The molecule has 0 aromatic heterocycles. The van der Waals surface area contributed by atoms with E-state index in [1.165, 1.54) is 0 Å².